The Balaban J connectivity index is 1.53. The fraction of sp³-hybridized carbons (Fsp3) is 0.476. The van der Waals surface area contributed by atoms with Crippen LogP contribution in [0.3, 0.4) is 0 Å². The molecule has 146 valence electrons. The van der Waals surface area contributed by atoms with E-state index >= 15 is 0 Å². The van der Waals surface area contributed by atoms with Crippen LogP contribution in [-0.4, -0.2) is 39.2 Å². The Kier molecular flexibility index (Phi) is 6.90. The molecule has 1 aromatic heterocycles. The zero-order chi connectivity index (χ0) is 19.1. The molecular formula is C21H27NO5. The normalized spacial score (nSPS) is 19.1. The molecular weight excluding hydrogens is 346 g/mol. The molecule has 0 aliphatic carbocycles. The highest BCUT2D eigenvalue weighted by Gasteiger charge is 2.29. The van der Waals surface area contributed by atoms with Gasteiger partial charge in [0, 0.05) is 18.8 Å². The zero-order valence-electron chi connectivity index (χ0n) is 16.1. The van der Waals surface area contributed by atoms with Crippen LogP contribution in [0.2, 0.25) is 0 Å². The molecule has 0 amide bonds. The Morgan fingerprint density at radius 1 is 1.07 bits per heavy atom. The minimum absolute atomic E-state index is 0.0398. The van der Waals surface area contributed by atoms with Crippen LogP contribution >= 0.6 is 0 Å². The second kappa shape index (κ2) is 9.58. The molecule has 0 bridgehead atoms. The van der Waals surface area contributed by atoms with Crippen LogP contribution in [0.1, 0.15) is 36.5 Å². The maximum atomic E-state index is 6.09. The lowest BCUT2D eigenvalue weighted by Crippen LogP contribution is -2.13. The standard InChI is InChI=1S/C21H27NO5/c1-23-18-12-16(13-19(24-2)21(18)25-3)17-8-9-20(27-17)26-11-5-7-15-6-4-10-22-14-15/h4,6,10,12-14,17,20H,5,7-9,11H2,1-3H3/t17-,20+/m0/s1. The summed E-state index contributed by atoms with van der Waals surface area (Å²) in [6.45, 7) is 0.668. The topological polar surface area (TPSA) is 59.0 Å². The fourth-order valence-corrected chi connectivity index (χ4v) is 3.30. The highest BCUT2D eigenvalue weighted by atomic mass is 16.7. The summed E-state index contributed by atoms with van der Waals surface area (Å²) in [6.07, 6.45) is 7.13. The van der Waals surface area contributed by atoms with Crippen molar-refractivity contribution in [2.24, 2.45) is 0 Å². The van der Waals surface area contributed by atoms with Gasteiger partial charge in [0.25, 0.3) is 0 Å². The molecule has 2 aromatic rings. The van der Waals surface area contributed by atoms with E-state index in [2.05, 4.69) is 11.1 Å². The van der Waals surface area contributed by atoms with Gasteiger partial charge in [-0.1, -0.05) is 6.07 Å². The van der Waals surface area contributed by atoms with Crippen molar-refractivity contribution < 1.29 is 23.7 Å². The van der Waals surface area contributed by atoms with Crippen LogP contribution in [0.5, 0.6) is 17.2 Å². The first-order chi connectivity index (χ1) is 13.2. The predicted octanol–water partition coefficient (Wildman–Crippen LogP) is 3.93. The summed E-state index contributed by atoms with van der Waals surface area (Å²) in [5, 5.41) is 0. The molecule has 0 N–H and O–H groups in total. The first-order valence-electron chi connectivity index (χ1n) is 9.21. The Morgan fingerprint density at radius 2 is 1.85 bits per heavy atom. The van der Waals surface area contributed by atoms with Crippen LogP contribution in [0, 0.1) is 0 Å². The van der Waals surface area contributed by atoms with Crippen molar-refractivity contribution in [1.29, 1.82) is 0 Å². The Labute approximate surface area is 160 Å². The molecule has 1 aromatic carbocycles. The van der Waals surface area contributed by atoms with E-state index in [4.69, 9.17) is 23.7 Å². The van der Waals surface area contributed by atoms with Gasteiger partial charge in [-0.25, -0.2) is 0 Å². The first-order valence-corrected chi connectivity index (χ1v) is 9.21. The van der Waals surface area contributed by atoms with Crippen molar-refractivity contribution in [3.63, 3.8) is 0 Å². The molecule has 1 fully saturated rings. The smallest absolute Gasteiger partial charge is 0.203 e. The maximum Gasteiger partial charge on any atom is 0.203 e. The monoisotopic (exact) mass is 373 g/mol. The summed E-state index contributed by atoms with van der Waals surface area (Å²) in [4.78, 5) is 4.13. The van der Waals surface area contributed by atoms with E-state index in [1.54, 1.807) is 27.5 Å². The Morgan fingerprint density at radius 3 is 2.48 bits per heavy atom. The van der Waals surface area contributed by atoms with Crippen molar-refractivity contribution in [1.82, 2.24) is 4.98 Å². The average molecular weight is 373 g/mol. The van der Waals surface area contributed by atoms with Crippen molar-refractivity contribution in [2.75, 3.05) is 27.9 Å². The third kappa shape index (κ3) is 4.90. The summed E-state index contributed by atoms with van der Waals surface area (Å²) in [7, 11) is 4.83. The van der Waals surface area contributed by atoms with Crippen molar-refractivity contribution in [3.05, 3.63) is 47.8 Å². The molecule has 1 saturated heterocycles. The van der Waals surface area contributed by atoms with Crippen LogP contribution in [0.25, 0.3) is 0 Å². The van der Waals surface area contributed by atoms with E-state index in [9.17, 15) is 0 Å². The van der Waals surface area contributed by atoms with Gasteiger partial charge >= 0.3 is 0 Å². The van der Waals surface area contributed by atoms with E-state index in [1.165, 1.54) is 5.56 Å². The minimum atomic E-state index is -0.178. The van der Waals surface area contributed by atoms with Gasteiger partial charge in [0.05, 0.1) is 34.0 Å². The van der Waals surface area contributed by atoms with Crippen LogP contribution in [0.15, 0.2) is 36.7 Å². The lowest BCUT2D eigenvalue weighted by molar-refractivity contribution is -0.135. The average Bonchev–Trinajstić information content (AvgIpc) is 3.19. The largest absolute Gasteiger partial charge is 0.493 e. The number of aryl methyl sites for hydroxylation is 1. The quantitative estimate of drug-likeness (QED) is 0.621. The number of methoxy groups -OCH3 is 3. The highest BCUT2D eigenvalue weighted by molar-refractivity contribution is 5.54. The van der Waals surface area contributed by atoms with E-state index in [1.807, 2.05) is 24.4 Å². The molecule has 2 heterocycles. The molecule has 6 nitrogen and oxygen atoms in total. The van der Waals surface area contributed by atoms with Gasteiger partial charge in [0.1, 0.15) is 0 Å². The van der Waals surface area contributed by atoms with Crippen molar-refractivity contribution in [2.45, 2.75) is 38.1 Å². The third-order valence-corrected chi connectivity index (χ3v) is 4.68. The van der Waals surface area contributed by atoms with Gasteiger partial charge < -0.3 is 23.7 Å². The third-order valence-electron chi connectivity index (χ3n) is 4.68. The molecule has 3 rings (SSSR count). The van der Waals surface area contributed by atoms with Gasteiger partial charge in [0.15, 0.2) is 17.8 Å². The van der Waals surface area contributed by atoms with Gasteiger partial charge in [-0.3, -0.25) is 4.98 Å². The van der Waals surface area contributed by atoms with Gasteiger partial charge in [-0.2, -0.15) is 0 Å². The summed E-state index contributed by atoms with van der Waals surface area (Å²) in [5.41, 5.74) is 2.23. The second-order valence-electron chi connectivity index (χ2n) is 6.43. The molecule has 0 unspecified atom stereocenters. The van der Waals surface area contributed by atoms with Crippen molar-refractivity contribution >= 4 is 0 Å². The van der Waals surface area contributed by atoms with Gasteiger partial charge in [0.2, 0.25) is 5.75 Å². The Hall–Kier alpha value is -2.31. The van der Waals surface area contributed by atoms with E-state index in [0.29, 0.717) is 23.9 Å². The zero-order valence-corrected chi connectivity index (χ0v) is 16.1. The van der Waals surface area contributed by atoms with Crippen LogP contribution in [-0.2, 0) is 15.9 Å². The summed E-state index contributed by atoms with van der Waals surface area (Å²) >= 11 is 0. The highest BCUT2D eigenvalue weighted by Crippen LogP contribution is 2.43. The predicted molar refractivity (Wildman–Crippen MR) is 101 cm³/mol. The number of pyridine rings is 1. The second-order valence-corrected chi connectivity index (χ2v) is 6.43. The number of aromatic nitrogens is 1. The van der Waals surface area contributed by atoms with Crippen LogP contribution in [0.4, 0.5) is 0 Å². The van der Waals surface area contributed by atoms with E-state index in [0.717, 1.165) is 31.2 Å². The van der Waals surface area contributed by atoms with Crippen LogP contribution < -0.4 is 14.2 Å². The summed E-state index contributed by atoms with van der Waals surface area (Å²) in [5.74, 6) is 1.86. The summed E-state index contributed by atoms with van der Waals surface area (Å²) in [6, 6.07) is 7.92. The van der Waals surface area contributed by atoms with Gasteiger partial charge in [-0.05, 0) is 48.6 Å². The number of hydrogen-bond donors (Lipinski definition) is 0. The first kappa shape index (κ1) is 19.5. The molecule has 0 radical (unpaired) electrons. The number of hydrogen-bond acceptors (Lipinski definition) is 6. The molecule has 27 heavy (non-hydrogen) atoms. The SMILES string of the molecule is COc1cc([C@@H]2CC[C@H](OCCCc3cccnc3)O2)cc(OC)c1OC. The lowest BCUT2D eigenvalue weighted by Gasteiger charge is -2.18. The van der Waals surface area contributed by atoms with Crippen molar-refractivity contribution in [3.8, 4) is 17.2 Å². The van der Waals surface area contributed by atoms with E-state index in [-0.39, 0.29) is 12.4 Å². The lowest BCUT2D eigenvalue weighted by atomic mass is 10.1. The number of ether oxygens (including phenoxy) is 5. The molecule has 1 aliphatic heterocycles. The number of rotatable bonds is 9. The maximum absolute atomic E-state index is 6.09. The van der Waals surface area contributed by atoms with E-state index < -0.39 is 0 Å². The van der Waals surface area contributed by atoms with Gasteiger partial charge in [-0.15, -0.1) is 0 Å². The Bertz CT molecular complexity index is 697. The molecule has 1 aliphatic rings. The molecule has 2 atom stereocenters. The molecule has 0 saturated carbocycles. The number of benzene rings is 1. The molecule has 0 spiro atoms. The number of nitrogens with zero attached hydrogens (tertiary/aromatic N) is 1. The minimum Gasteiger partial charge on any atom is -0.493 e. The summed E-state index contributed by atoms with van der Waals surface area (Å²) < 4.78 is 28.2. The fourth-order valence-electron chi connectivity index (χ4n) is 3.30. The molecule has 6 heteroatoms.